The van der Waals surface area contributed by atoms with Gasteiger partial charge >= 0.3 is 0 Å². The standard InChI is InChI=1S/C25H19ClN4O2/c26-21-7-3-2-6-20(21)24(31)28-19-11-9-17(10-12-19)25(32)30-16-23-27-13-14-29(23)15-18-5-1-4-8-22(18)30/h1-14H,15-16H2,(H,28,31). The fraction of sp³-hybridized carbons (Fsp3) is 0.0800. The normalized spacial score (nSPS) is 12.5. The summed E-state index contributed by atoms with van der Waals surface area (Å²) in [6.07, 6.45) is 3.68. The maximum atomic E-state index is 13.4. The monoisotopic (exact) mass is 442 g/mol. The lowest BCUT2D eigenvalue weighted by molar-refractivity contribution is 0.0983. The molecule has 0 radical (unpaired) electrons. The van der Waals surface area contributed by atoms with Crippen molar-refractivity contribution in [2.24, 2.45) is 0 Å². The molecule has 2 amide bonds. The Morgan fingerprint density at radius 3 is 2.47 bits per heavy atom. The molecule has 3 aromatic carbocycles. The summed E-state index contributed by atoms with van der Waals surface area (Å²) < 4.78 is 2.06. The second-order valence-corrected chi connectivity index (χ2v) is 7.91. The third-order valence-electron chi connectivity index (χ3n) is 5.48. The fourth-order valence-corrected chi connectivity index (χ4v) is 4.05. The third kappa shape index (κ3) is 3.76. The average Bonchev–Trinajstić information content (AvgIpc) is 3.18. The van der Waals surface area contributed by atoms with Crippen LogP contribution < -0.4 is 10.2 Å². The Bertz CT molecular complexity index is 1310. The minimum absolute atomic E-state index is 0.127. The molecule has 2 heterocycles. The number of imidazole rings is 1. The van der Waals surface area contributed by atoms with Crippen molar-refractivity contribution in [2.45, 2.75) is 13.1 Å². The Balaban J connectivity index is 1.39. The molecule has 0 spiro atoms. The zero-order valence-electron chi connectivity index (χ0n) is 17.0. The van der Waals surface area contributed by atoms with Gasteiger partial charge < -0.3 is 14.8 Å². The summed E-state index contributed by atoms with van der Waals surface area (Å²) in [4.78, 5) is 32.1. The van der Waals surface area contributed by atoms with Crippen LogP contribution in [-0.4, -0.2) is 21.4 Å². The molecule has 6 nitrogen and oxygen atoms in total. The molecular weight excluding hydrogens is 424 g/mol. The van der Waals surface area contributed by atoms with Gasteiger partial charge in [-0.2, -0.15) is 0 Å². The number of halogens is 1. The van der Waals surface area contributed by atoms with Gasteiger partial charge in [-0.15, -0.1) is 0 Å². The first kappa shape index (κ1) is 20.0. The summed E-state index contributed by atoms with van der Waals surface area (Å²) in [5.41, 5.74) is 3.43. The van der Waals surface area contributed by atoms with Crippen LogP contribution in [0.2, 0.25) is 5.02 Å². The molecule has 0 bridgehead atoms. The molecule has 0 saturated carbocycles. The molecule has 1 aliphatic rings. The van der Waals surface area contributed by atoms with E-state index >= 15 is 0 Å². The Hall–Kier alpha value is -3.90. The van der Waals surface area contributed by atoms with Gasteiger partial charge in [0.05, 0.1) is 23.7 Å². The minimum Gasteiger partial charge on any atom is -0.329 e. The van der Waals surface area contributed by atoms with E-state index in [2.05, 4.69) is 14.9 Å². The highest BCUT2D eigenvalue weighted by atomic mass is 35.5. The van der Waals surface area contributed by atoms with Crippen molar-refractivity contribution >= 4 is 34.8 Å². The van der Waals surface area contributed by atoms with E-state index in [1.54, 1.807) is 59.6 Å². The summed E-state index contributed by atoms with van der Waals surface area (Å²) in [5.74, 6) is 0.402. The van der Waals surface area contributed by atoms with Gasteiger partial charge in [0, 0.05) is 29.3 Å². The van der Waals surface area contributed by atoms with Crippen LogP contribution in [0.4, 0.5) is 11.4 Å². The van der Waals surface area contributed by atoms with Gasteiger partial charge in [-0.05, 0) is 48.0 Å². The highest BCUT2D eigenvalue weighted by Gasteiger charge is 2.25. The smallest absolute Gasteiger partial charge is 0.258 e. The van der Waals surface area contributed by atoms with Crippen molar-refractivity contribution in [3.63, 3.8) is 0 Å². The van der Waals surface area contributed by atoms with Crippen LogP contribution in [0.3, 0.4) is 0 Å². The zero-order chi connectivity index (χ0) is 22.1. The lowest BCUT2D eigenvalue weighted by atomic mass is 10.1. The number of carbonyl (C=O) groups excluding carboxylic acids is 2. The first-order chi connectivity index (χ1) is 15.6. The number of rotatable bonds is 3. The van der Waals surface area contributed by atoms with E-state index in [0.717, 1.165) is 17.1 Å². The topological polar surface area (TPSA) is 67.2 Å². The summed E-state index contributed by atoms with van der Waals surface area (Å²) in [6.45, 7) is 1.05. The predicted octanol–water partition coefficient (Wildman–Crippen LogP) is 5.00. The molecule has 1 aromatic heterocycles. The fourth-order valence-electron chi connectivity index (χ4n) is 3.83. The maximum Gasteiger partial charge on any atom is 0.258 e. The number of fused-ring (bicyclic) bond motifs is 2. The number of para-hydroxylation sites is 1. The Labute approximate surface area is 190 Å². The van der Waals surface area contributed by atoms with Crippen LogP contribution >= 0.6 is 11.6 Å². The number of hydrogen-bond donors (Lipinski definition) is 1. The number of carbonyl (C=O) groups is 2. The van der Waals surface area contributed by atoms with Gasteiger partial charge in [0.2, 0.25) is 0 Å². The van der Waals surface area contributed by atoms with Crippen LogP contribution in [-0.2, 0) is 13.1 Å². The Morgan fingerprint density at radius 2 is 1.66 bits per heavy atom. The molecule has 0 unspecified atom stereocenters. The van der Waals surface area contributed by atoms with Crippen molar-refractivity contribution in [1.82, 2.24) is 9.55 Å². The number of nitrogens with one attached hydrogen (secondary N) is 1. The predicted molar refractivity (Wildman–Crippen MR) is 124 cm³/mol. The lowest BCUT2D eigenvalue weighted by Crippen LogP contribution is -2.30. The molecule has 0 aliphatic carbocycles. The number of amides is 2. The summed E-state index contributed by atoms with van der Waals surface area (Å²) in [5, 5.41) is 3.20. The largest absolute Gasteiger partial charge is 0.329 e. The van der Waals surface area contributed by atoms with Crippen LogP contribution in [0.15, 0.2) is 85.2 Å². The summed E-state index contributed by atoms with van der Waals surface area (Å²) in [7, 11) is 0. The first-order valence-electron chi connectivity index (χ1n) is 10.2. The maximum absolute atomic E-state index is 13.4. The van der Waals surface area contributed by atoms with Crippen LogP contribution in [0, 0.1) is 0 Å². The number of nitrogens with zero attached hydrogens (tertiary/aromatic N) is 3. The second-order valence-electron chi connectivity index (χ2n) is 7.50. The highest BCUT2D eigenvalue weighted by Crippen LogP contribution is 2.28. The van der Waals surface area contributed by atoms with E-state index < -0.39 is 0 Å². The molecule has 4 aromatic rings. The molecule has 32 heavy (non-hydrogen) atoms. The molecule has 0 atom stereocenters. The first-order valence-corrected chi connectivity index (χ1v) is 10.5. The van der Waals surface area contributed by atoms with Crippen molar-refractivity contribution in [2.75, 3.05) is 10.2 Å². The number of hydrogen-bond acceptors (Lipinski definition) is 3. The van der Waals surface area contributed by atoms with E-state index in [-0.39, 0.29) is 11.8 Å². The van der Waals surface area contributed by atoms with Gasteiger partial charge in [0.25, 0.3) is 11.8 Å². The quantitative estimate of drug-likeness (QED) is 0.485. The number of aromatic nitrogens is 2. The van der Waals surface area contributed by atoms with E-state index in [1.165, 1.54) is 0 Å². The van der Waals surface area contributed by atoms with Gasteiger partial charge in [0.15, 0.2) is 0 Å². The summed E-state index contributed by atoms with van der Waals surface area (Å²) >= 11 is 6.10. The van der Waals surface area contributed by atoms with E-state index in [4.69, 9.17) is 11.6 Å². The van der Waals surface area contributed by atoms with Crippen LogP contribution in [0.5, 0.6) is 0 Å². The molecule has 1 N–H and O–H groups in total. The SMILES string of the molecule is O=C(Nc1ccc(C(=O)N2Cc3nccn3Cc3ccccc32)cc1)c1ccccc1Cl. The van der Waals surface area contributed by atoms with Crippen molar-refractivity contribution in [1.29, 1.82) is 0 Å². The van der Waals surface area contributed by atoms with Gasteiger partial charge in [0.1, 0.15) is 5.82 Å². The molecule has 1 aliphatic heterocycles. The highest BCUT2D eigenvalue weighted by molar-refractivity contribution is 6.34. The van der Waals surface area contributed by atoms with Crippen molar-refractivity contribution < 1.29 is 9.59 Å². The van der Waals surface area contributed by atoms with Gasteiger partial charge in [-0.1, -0.05) is 41.9 Å². The van der Waals surface area contributed by atoms with Gasteiger partial charge in [-0.3, -0.25) is 9.59 Å². The molecular formula is C25H19ClN4O2. The molecule has 0 saturated heterocycles. The van der Waals surface area contributed by atoms with E-state index in [1.807, 2.05) is 30.5 Å². The second kappa shape index (κ2) is 8.32. The van der Waals surface area contributed by atoms with Crippen molar-refractivity contribution in [3.05, 3.63) is 113 Å². The third-order valence-corrected chi connectivity index (χ3v) is 5.81. The zero-order valence-corrected chi connectivity index (χ0v) is 17.8. The Morgan fingerprint density at radius 1 is 0.906 bits per heavy atom. The van der Waals surface area contributed by atoms with Crippen LogP contribution in [0.25, 0.3) is 0 Å². The minimum atomic E-state index is -0.303. The average molecular weight is 443 g/mol. The van der Waals surface area contributed by atoms with Crippen LogP contribution in [0.1, 0.15) is 32.1 Å². The number of benzene rings is 3. The molecule has 0 fully saturated rings. The molecule has 7 heteroatoms. The molecule has 158 valence electrons. The molecule has 5 rings (SSSR count). The lowest BCUT2D eigenvalue weighted by Gasteiger charge is -2.22. The Kier molecular flexibility index (Phi) is 5.21. The van der Waals surface area contributed by atoms with E-state index in [0.29, 0.717) is 34.9 Å². The van der Waals surface area contributed by atoms with Crippen molar-refractivity contribution in [3.8, 4) is 0 Å². The number of anilines is 2. The summed E-state index contributed by atoms with van der Waals surface area (Å²) in [6, 6.07) is 21.6. The van der Waals surface area contributed by atoms with Gasteiger partial charge in [-0.25, -0.2) is 4.98 Å². The van der Waals surface area contributed by atoms with E-state index in [9.17, 15) is 9.59 Å².